The van der Waals surface area contributed by atoms with Gasteiger partial charge in [-0.25, -0.2) is 0 Å². The fraction of sp³-hybridized carbons (Fsp3) is 0.474. The van der Waals surface area contributed by atoms with Gasteiger partial charge in [0.1, 0.15) is 6.54 Å². The summed E-state index contributed by atoms with van der Waals surface area (Å²) in [5.41, 5.74) is -1.04. The number of nitrogens with zero attached hydrogens (tertiary/aromatic N) is 4. The van der Waals surface area contributed by atoms with E-state index in [1.54, 1.807) is 18.7 Å². The lowest BCUT2D eigenvalue weighted by molar-refractivity contribution is -0.384. The molecule has 3 rings (SSSR count). The van der Waals surface area contributed by atoms with Crippen LogP contribution in [-0.4, -0.2) is 81.9 Å². The predicted octanol–water partition coefficient (Wildman–Crippen LogP) is 1.13. The van der Waals surface area contributed by atoms with Gasteiger partial charge in [-0.3, -0.25) is 34.2 Å². The number of fused-ring (bicyclic) bond motifs is 1. The zero-order valence-electron chi connectivity index (χ0n) is 16.6. The Morgan fingerprint density at radius 3 is 2.20 bits per heavy atom. The third-order valence-electron chi connectivity index (χ3n) is 5.29. The van der Waals surface area contributed by atoms with E-state index in [0.717, 1.165) is 17.0 Å². The number of nitro benzene ring substituents is 1. The second kappa shape index (κ2) is 8.02. The van der Waals surface area contributed by atoms with Gasteiger partial charge in [-0.2, -0.15) is 0 Å². The van der Waals surface area contributed by atoms with Gasteiger partial charge in [0.15, 0.2) is 0 Å². The van der Waals surface area contributed by atoms with Crippen LogP contribution in [0.25, 0.3) is 0 Å². The van der Waals surface area contributed by atoms with E-state index in [2.05, 4.69) is 0 Å². The second-order valence-electron chi connectivity index (χ2n) is 7.87. The standard InChI is InChI=1S/C19H21ClN4O6/c1-19(2,11-20)18(28)22-7-5-21(6-8-22)15(25)10-23-16(26)13-4-3-12(24(29)30)9-14(13)17(23)27/h3-4,9H,5-8,10-11H2,1-2H3. The average Bonchev–Trinajstić information content (AvgIpc) is 2.97. The van der Waals surface area contributed by atoms with Crippen LogP contribution >= 0.6 is 11.6 Å². The number of hydrogen-bond donors (Lipinski definition) is 0. The van der Waals surface area contributed by atoms with Crippen molar-refractivity contribution in [1.82, 2.24) is 14.7 Å². The summed E-state index contributed by atoms with van der Waals surface area (Å²) in [4.78, 5) is 64.3. The third kappa shape index (κ3) is 3.87. The summed E-state index contributed by atoms with van der Waals surface area (Å²) >= 11 is 5.86. The van der Waals surface area contributed by atoms with Crippen LogP contribution in [0.1, 0.15) is 34.6 Å². The van der Waals surface area contributed by atoms with Crippen molar-refractivity contribution in [2.24, 2.45) is 5.41 Å². The van der Waals surface area contributed by atoms with Crippen molar-refractivity contribution in [3.8, 4) is 0 Å². The molecular formula is C19H21ClN4O6. The molecule has 2 aliphatic rings. The lowest BCUT2D eigenvalue weighted by Crippen LogP contribution is -2.55. The number of benzene rings is 1. The highest BCUT2D eigenvalue weighted by molar-refractivity contribution is 6.22. The predicted molar refractivity (Wildman–Crippen MR) is 106 cm³/mol. The number of imide groups is 1. The number of hydrogen-bond acceptors (Lipinski definition) is 6. The molecule has 0 aromatic heterocycles. The normalized spacial score (nSPS) is 16.7. The summed E-state index contributed by atoms with van der Waals surface area (Å²) in [6, 6.07) is 3.41. The maximum atomic E-state index is 12.6. The zero-order chi connectivity index (χ0) is 22.2. The van der Waals surface area contributed by atoms with Crippen LogP contribution in [0, 0.1) is 15.5 Å². The molecule has 0 spiro atoms. The monoisotopic (exact) mass is 436 g/mol. The Morgan fingerprint density at radius 1 is 1.07 bits per heavy atom. The molecule has 10 nitrogen and oxygen atoms in total. The smallest absolute Gasteiger partial charge is 0.270 e. The van der Waals surface area contributed by atoms with Gasteiger partial charge in [-0.1, -0.05) is 0 Å². The molecule has 2 aliphatic heterocycles. The Balaban J connectivity index is 1.63. The van der Waals surface area contributed by atoms with E-state index in [1.165, 1.54) is 11.0 Å². The molecule has 11 heteroatoms. The Hall–Kier alpha value is -3.01. The molecule has 0 bridgehead atoms. The number of halogens is 1. The molecule has 1 aromatic carbocycles. The van der Waals surface area contributed by atoms with Gasteiger partial charge in [0.25, 0.3) is 17.5 Å². The van der Waals surface area contributed by atoms with Crippen molar-refractivity contribution in [3.05, 3.63) is 39.4 Å². The Morgan fingerprint density at radius 2 is 1.63 bits per heavy atom. The zero-order valence-corrected chi connectivity index (χ0v) is 17.3. The van der Waals surface area contributed by atoms with Crippen molar-refractivity contribution in [2.75, 3.05) is 38.6 Å². The topological polar surface area (TPSA) is 121 Å². The fourth-order valence-corrected chi connectivity index (χ4v) is 3.53. The molecule has 0 radical (unpaired) electrons. The Labute approximate surface area is 177 Å². The number of nitro groups is 1. The van der Waals surface area contributed by atoms with Crippen LogP contribution in [0.2, 0.25) is 0 Å². The number of carbonyl (C=O) groups excluding carboxylic acids is 4. The van der Waals surface area contributed by atoms with Crippen molar-refractivity contribution in [3.63, 3.8) is 0 Å². The van der Waals surface area contributed by atoms with Crippen LogP contribution in [-0.2, 0) is 9.59 Å². The summed E-state index contributed by atoms with van der Waals surface area (Å²) in [5.74, 6) is -1.72. The molecule has 4 amide bonds. The quantitative estimate of drug-likeness (QED) is 0.295. The summed E-state index contributed by atoms with van der Waals surface area (Å²) in [5, 5.41) is 10.9. The molecule has 2 heterocycles. The van der Waals surface area contributed by atoms with E-state index >= 15 is 0 Å². The number of rotatable bonds is 5. The number of piperazine rings is 1. The van der Waals surface area contributed by atoms with Gasteiger partial charge in [0.2, 0.25) is 11.8 Å². The SMILES string of the molecule is CC(C)(CCl)C(=O)N1CCN(C(=O)CN2C(=O)c3ccc([N+](=O)[O-])cc3C2=O)CC1. The summed E-state index contributed by atoms with van der Waals surface area (Å²) in [6.07, 6.45) is 0. The molecule has 160 valence electrons. The first-order valence-electron chi connectivity index (χ1n) is 9.34. The number of alkyl halides is 1. The minimum absolute atomic E-state index is 0.0390. The van der Waals surface area contributed by atoms with E-state index in [1.807, 2.05) is 0 Å². The molecule has 0 unspecified atom stereocenters. The lowest BCUT2D eigenvalue weighted by Gasteiger charge is -2.38. The van der Waals surface area contributed by atoms with E-state index < -0.39 is 34.6 Å². The molecule has 1 fully saturated rings. The molecule has 1 saturated heterocycles. The molecule has 0 saturated carbocycles. The minimum atomic E-state index is -0.732. The van der Waals surface area contributed by atoms with E-state index in [0.29, 0.717) is 13.1 Å². The van der Waals surface area contributed by atoms with Crippen LogP contribution < -0.4 is 0 Å². The highest BCUT2D eigenvalue weighted by Gasteiger charge is 2.39. The van der Waals surface area contributed by atoms with Gasteiger partial charge < -0.3 is 9.80 Å². The molecule has 0 atom stereocenters. The highest BCUT2D eigenvalue weighted by atomic mass is 35.5. The summed E-state index contributed by atoms with van der Waals surface area (Å²) in [7, 11) is 0. The van der Waals surface area contributed by atoms with E-state index in [9.17, 15) is 29.3 Å². The van der Waals surface area contributed by atoms with Crippen molar-refractivity contribution in [2.45, 2.75) is 13.8 Å². The van der Waals surface area contributed by atoms with Crippen LogP contribution in [0.4, 0.5) is 5.69 Å². The molecule has 0 N–H and O–H groups in total. The van der Waals surface area contributed by atoms with Gasteiger partial charge in [0, 0.05) is 44.2 Å². The average molecular weight is 437 g/mol. The third-order valence-corrected chi connectivity index (χ3v) is 5.96. The lowest BCUT2D eigenvalue weighted by atomic mass is 9.94. The van der Waals surface area contributed by atoms with Gasteiger partial charge in [0.05, 0.1) is 21.5 Å². The van der Waals surface area contributed by atoms with Crippen LogP contribution in [0.3, 0.4) is 0 Å². The van der Waals surface area contributed by atoms with E-state index in [-0.39, 0.29) is 41.7 Å². The first-order valence-corrected chi connectivity index (χ1v) is 9.88. The van der Waals surface area contributed by atoms with Gasteiger partial charge in [-0.05, 0) is 19.9 Å². The molecular weight excluding hydrogens is 416 g/mol. The second-order valence-corrected chi connectivity index (χ2v) is 8.14. The van der Waals surface area contributed by atoms with Crippen molar-refractivity contribution >= 4 is 40.9 Å². The largest absolute Gasteiger partial charge is 0.339 e. The van der Waals surface area contributed by atoms with Gasteiger partial charge in [-0.15, -0.1) is 11.6 Å². The Kier molecular flexibility index (Phi) is 5.80. The minimum Gasteiger partial charge on any atom is -0.339 e. The van der Waals surface area contributed by atoms with Crippen LogP contribution in [0.15, 0.2) is 18.2 Å². The van der Waals surface area contributed by atoms with Crippen molar-refractivity contribution < 1.29 is 24.1 Å². The highest BCUT2D eigenvalue weighted by Crippen LogP contribution is 2.27. The summed E-state index contributed by atoms with van der Waals surface area (Å²) in [6.45, 7) is 4.27. The maximum Gasteiger partial charge on any atom is 0.270 e. The van der Waals surface area contributed by atoms with Gasteiger partial charge >= 0.3 is 0 Å². The number of amides is 4. The van der Waals surface area contributed by atoms with E-state index in [4.69, 9.17) is 11.6 Å². The number of non-ortho nitro benzene ring substituents is 1. The Bertz CT molecular complexity index is 939. The molecule has 30 heavy (non-hydrogen) atoms. The summed E-state index contributed by atoms with van der Waals surface area (Å²) < 4.78 is 0. The first kappa shape index (κ1) is 21.7. The maximum absolute atomic E-state index is 12.6. The number of carbonyl (C=O) groups is 4. The van der Waals surface area contributed by atoms with Crippen LogP contribution in [0.5, 0.6) is 0 Å². The first-order chi connectivity index (χ1) is 14.1. The fourth-order valence-electron chi connectivity index (χ4n) is 3.42. The molecule has 1 aromatic rings. The molecule has 0 aliphatic carbocycles. The van der Waals surface area contributed by atoms with Crippen molar-refractivity contribution in [1.29, 1.82) is 0 Å².